The van der Waals surface area contributed by atoms with Gasteiger partial charge in [0.1, 0.15) is 11.9 Å². The average Bonchev–Trinajstić information content (AvgIpc) is 3.47. The lowest BCUT2D eigenvalue weighted by Crippen LogP contribution is -2.41. The lowest BCUT2D eigenvalue weighted by Gasteiger charge is -2.32. The zero-order valence-electron chi connectivity index (χ0n) is 16.9. The standard InChI is InChI=1S/C23H27N3O3/c1-15-12-20(15)22(27)25-18-5-3-4-17(13-18)23(28)26-10-7-19(8-11-26)29-21-6-9-24-14-16(21)2/h3-6,9,13-15,19-20H,7-8,10-12H2,1-2H3,(H,25,27)/t15-,20-/m0/s1. The van der Waals surface area contributed by atoms with Crippen LogP contribution in [0.25, 0.3) is 0 Å². The van der Waals surface area contributed by atoms with E-state index in [-0.39, 0.29) is 23.8 Å². The summed E-state index contributed by atoms with van der Waals surface area (Å²) >= 11 is 0. The Bertz CT molecular complexity index is 906. The van der Waals surface area contributed by atoms with E-state index in [1.54, 1.807) is 24.5 Å². The van der Waals surface area contributed by atoms with Crippen molar-refractivity contribution in [1.82, 2.24) is 9.88 Å². The summed E-state index contributed by atoms with van der Waals surface area (Å²) in [5, 5.41) is 2.94. The van der Waals surface area contributed by atoms with Crippen molar-refractivity contribution >= 4 is 17.5 Å². The Morgan fingerprint density at radius 1 is 1.21 bits per heavy atom. The molecule has 29 heavy (non-hydrogen) atoms. The fraction of sp³-hybridized carbons (Fsp3) is 0.435. The highest BCUT2D eigenvalue weighted by Crippen LogP contribution is 2.38. The van der Waals surface area contributed by atoms with E-state index in [9.17, 15) is 9.59 Å². The number of nitrogens with one attached hydrogen (secondary N) is 1. The molecule has 1 N–H and O–H groups in total. The van der Waals surface area contributed by atoms with Crippen molar-refractivity contribution in [3.63, 3.8) is 0 Å². The fourth-order valence-corrected chi connectivity index (χ4v) is 3.78. The quantitative estimate of drug-likeness (QED) is 0.841. The van der Waals surface area contributed by atoms with E-state index in [4.69, 9.17) is 4.74 Å². The number of hydrogen-bond donors (Lipinski definition) is 1. The number of benzene rings is 1. The number of anilines is 1. The van der Waals surface area contributed by atoms with Gasteiger partial charge in [-0.15, -0.1) is 0 Å². The normalized spacial score (nSPS) is 21.5. The number of amides is 2. The lowest BCUT2D eigenvalue weighted by atomic mass is 10.1. The molecule has 2 aromatic rings. The predicted molar refractivity (Wildman–Crippen MR) is 111 cm³/mol. The largest absolute Gasteiger partial charge is 0.490 e. The monoisotopic (exact) mass is 393 g/mol. The second kappa shape index (κ2) is 8.23. The topological polar surface area (TPSA) is 71.5 Å². The molecule has 1 aliphatic carbocycles. The number of ether oxygens (including phenoxy) is 1. The van der Waals surface area contributed by atoms with Crippen molar-refractivity contribution in [3.8, 4) is 5.75 Å². The SMILES string of the molecule is Cc1cnccc1OC1CCN(C(=O)c2cccc(NC(=O)[C@H]3C[C@@H]3C)c2)CC1. The molecule has 1 saturated carbocycles. The second-order valence-corrected chi connectivity index (χ2v) is 8.14. The van der Waals surface area contributed by atoms with Gasteiger partial charge >= 0.3 is 0 Å². The highest BCUT2D eigenvalue weighted by atomic mass is 16.5. The van der Waals surface area contributed by atoms with E-state index in [2.05, 4.69) is 17.2 Å². The molecule has 0 unspecified atom stereocenters. The zero-order chi connectivity index (χ0) is 20.4. The van der Waals surface area contributed by atoms with E-state index in [1.165, 1.54) is 0 Å². The molecule has 2 atom stereocenters. The first-order chi connectivity index (χ1) is 14.0. The molecule has 2 amide bonds. The summed E-state index contributed by atoms with van der Waals surface area (Å²) in [7, 11) is 0. The summed E-state index contributed by atoms with van der Waals surface area (Å²) in [6, 6.07) is 9.12. The molecule has 2 heterocycles. The maximum Gasteiger partial charge on any atom is 0.253 e. The number of rotatable bonds is 5. The number of pyridine rings is 1. The molecule has 1 aromatic carbocycles. The Kier molecular flexibility index (Phi) is 5.51. The van der Waals surface area contributed by atoms with E-state index < -0.39 is 0 Å². The third-order valence-electron chi connectivity index (χ3n) is 5.81. The highest BCUT2D eigenvalue weighted by molar-refractivity contribution is 5.98. The van der Waals surface area contributed by atoms with Crippen molar-refractivity contribution in [1.29, 1.82) is 0 Å². The van der Waals surface area contributed by atoms with Crippen LogP contribution in [0.4, 0.5) is 5.69 Å². The van der Waals surface area contributed by atoms with Crippen LogP contribution in [0.15, 0.2) is 42.7 Å². The van der Waals surface area contributed by atoms with Crippen LogP contribution < -0.4 is 10.1 Å². The van der Waals surface area contributed by atoms with Gasteiger partial charge in [0, 0.05) is 61.1 Å². The van der Waals surface area contributed by atoms with Gasteiger partial charge in [-0.1, -0.05) is 13.0 Å². The lowest BCUT2D eigenvalue weighted by molar-refractivity contribution is -0.117. The first kappa shape index (κ1) is 19.4. The molecule has 6 nitrogen and oxygen atoms in total. The Balaban J connectivity index is 1.33. The second-order valence-electron chi connectivity index (χ2n) is 8.14. The molecule has 1 aromatic heterocycles. The predicted octanol–water partition coefficient (Wildman–Crippen LogP) is 3.67. The first-order valence-electron chi connectivity index (χ1n) is 10.3. The Hall–Kier alpha value is -2.89. The number of aromatic nitrogens is 1. The number of aryl methyl sites for hydroxylation is 1. The minimum absolute atomic E-state index is 0.000527. The summed E-state index contributed by atoms with van der Waals surface area (Å²) in [5.41, 5.74) is 2.31. The number of hydrogen-bond acceptors (Lipinski definition) is 4. The van der Waals surface area contributed by atoms with Gasteiger partial charge in [0.2, 0.25) is 5.91 Å². The van der Waals surface area contributed by atoms with Crippen molar-refractivity contribution in [2.24, 2.45) is 11.8 Å². The zero-order valence-corrected chi connectivity index (χ0v) is 16.9. The molecular weight excluding hydrogens is 366 g/mol. The van der Waals surface area contributed by atoms with Crippen LogP contribution in [0.3, 0.4) is 0 Å². The minimum Gasteiger partial charge on any atom is -0.490 e. The Morgan fingerprint density at radius 3 is 2.66 bits per heavy atom. The minimum atomic E-state index is -0.000527. The first-order valence-corrected chi connectivity index (χ1v) is 10.3. The van der Waals surface area contributed by atoms with Crippen molar-refractivity contribution in [2.45, 2.75) is 39.2 Å². The maximum atomic E-state index is 12.9. The number of piperidine rings is 1. The van der Waals surface area contributed by atoms with E-state index in [1.807, 2.05) is 30.0 Å². The summed E-state index contributed by atoms with van der Waals surface area (Å²) in [6.07, 6.45) is 6.17. The molecular formula is C23H27N3O3. The van der Waals surface area contributed by atoms with Gasteiger partial charge in [0.25, 0.3) is 5.91 Å². The van der Waals surface area contributed by atoms with Crippen molar-refractivity contribution in [3.05, 3.63) is 53.9 Å². The summed E-state index contributed by atoms with van der Waals surface area (Å²) in [4.78, 5) is 31.0. The van der Waals surface area contributed by atoms with Gasteiger partial charge in [-0.3, -0.25) is 14.6 Å². The Morgan fingerprint density at radius 2 is 1.97 bits per heavy atom. The number of nitrogens with zero attached hydrogens (tertiary/aromatic N) is 2. The van der Waals surface area contributed by atoms with Crippen LogP contribution in [0.1, 0.15) is 42.1 Å². The average molecular weight is 393 g/mol. The summed E-state index contributed by atoms with van der Waals surface area (Å²) in [6.45, 7) is 5.37. The third-order valence-corrected chi connectivity index (χ3v) is 5.81. The molecule has 2 fully saturated rings. The van der Waals surface area contributed by atoms with E-state index in [0.29, 0.717) is 30.3 Å². The number of likely N-dealkylation sites (tertiary alicyclic amines) is 1. The number of carbonyl (C=O) groups excluding carboxylic acids is 2. The molecule has 0 radical (unpaired) electrons. The van der Waals surface area contributed by atoms with Gasteiger partial charge in [-0.05, 0) is 43.5 Å². The third kappa shape index (κ3) is 4.58. The molecule has 6 heteroatoms. The van der Waals surface area contributed by atoms with Gasteiger partial charge < -0.3 is 15.0 Å². The van der Waals surface area contributed by atoms with Crippen LogP contribution in [0.5, 0.6) is 5.75 Å². The molecule has 4 rings (SSSR count). The number of carbonyl (C=O) groups is 2. The van der Waals surface area contributed by atoms with Crippen molar-refractivity contribution in [2.75, 3.05) is 18.4 Å². The molecule has 2 aliphatic rings. The fourth-order valence-electron chi connectivity index (χ4n) is 3.78. The van der Waals surface area contributed by atoms with Gasteiger partial charge in [-0.2, -0.15) is 0 Å². The molecule has 0 bridgehead atoms. The van der Waals surface area contributed by atoms with E-state index in [0.717, 1.165) is 30.6 Å². The summed E-state index contributed by atoms with van der Waals surface area (Å²) < 4.78 is 6.09. The highest BCUT2D eigenvalue weighted by Gasteiger charge is 2.39. The van der Waals surface area contributed by atoms with Crippen molar-refractivity contribution < 1.29 is 14.3 Å². The van der Waals surface area contributed by atoms with Gasteiger partial charge in [0.05, 0.1) is 0 Å². The molecule has 0 spiro atoms. The Labute approximate surface area is 171 Å². The molecule has 1 saturated heterocycles. The summed E-state index contributed by atoms with van der Waals surface area (Å²) in [5.74, 6) is 1.47. The van der Waals surface area contributed by atoms with Crippen LogP contribution in [0, 0.1) is 18.8 Å². The molecule has 1 aliphatic heterocycles. The molecule has 152 valence electrons. The van der Waals surface area contributed by atoms with E-state index >= 15 is 0 Å². The maximum absolute atomic E-state index is 12.9. The van der Waals surface area contributed by atoms with Crippen LogP contribution in [-0.4, -0.2) is 40.9 Å². The smallest absolute Gasteiger partial charge is 0.253 e. The van der Waals surface area contributed by atoms with Crippen LogP contribution >= 0.6 is 0 Å². The van der Waals surface area contributed by atoms with Gasteiger partial charge in [-0.25, -0.2) is 0 Å². The van der Waals surface area contributed by atoms with Crippen LogP contribution in [0.2, 0.25) is 0 Å². The van der Waals surface area contributed by atoms with Crippen LogP contribution in [-0.2, 0) is 4.79 Å². The van der Waals surface area contributed by atoms with Gasteiger partial charge in [0.15, 0.2) is 0 Å².